The highest BCUT2D eigenvalue weighted by molar-refractivity contribution is 4.84. The van der Waals surface area contributed by atoms with Crippen LogP contribution in [0.2, 0.25) is 0 Å². The fourth-order valence-corrected chi connectivity index (χ4v) is 2.39. The Morgan fingerprint density at radius 3 is 2.44 bits per heavy atom. The topological polar surface area (TPSA) is 41.5 Å². The normalized spacial score (nSPS) is 32.6. The van der Waals surface area contributed by atoms with Crippen molar-refractivity contribution in [2.24, 2.45) is 5.92 Å². The van der Waals surface area contributed by atoms with Gasteiger partial charge in [-0.1, -0.05) is 6.92 Å². The Morgan fingerprint density at radius 2 is 1.88 bits per heavy atom. The van der Waals surface area contributed by atoms with E-state index in [0.717, 1.165) is 5.92 Å². The smallest absolute Gasteiger partial charge is 0.0645 e. The molecule has 2 aliphatic rings. The second-order valence-corrected chi connectivity index (χ2v) is 5.54. The van der Waals surface area contributed by atoms with Crippen LogP contribution in [0.1, 0.15) is 45.4 Å². The molecule has 2 N–H and O–H groups in total. The first-order valence-corrected chi connectivity index (χ1v) is 6.76. The Balaban J connectivity index is 1.60. The van der Waals surface area contributed by atoms with Crippen molar-refractivity contribution in [3.63, 3.8) is 0 Å². The molecule has 2 rings (SSSR count). The minimum absolute atomic E-state index is 0.145. The third kappa shape index (κ3) is 4.04. The minimum Gasteiger partial charge on any atom is -0.395 e. The van der Waals surface area contributed by atoms with Crippen LogP contribution in [-0.2, 0) is 4.74 Å². The van der Waals surface area contributed by atoms with E-state index in [2.05, 4.69) is 12.2 Å². The molecule has 0 spiro atoms. The van der Waals surface area contributed by atoms with Crippen molar-refractivity contribution < 1.29 is 9.84 Å². The van der Waals surface area contributed by atoms with E-state index in [1.165, 1.54) is 38.5 Å². The van der Waals surface area contributed by atoms with Crippen LogP contribution in [0.15, 0.2) is 0 Å². The molecule has 0 amide bonds. The van der Waals surface area contributed by atoms with E-state index in [-0.39, 0.29) is 12.6 Å². The molecule has 3 heteroatoms. The van der Waals surface area contributed by atoms with Crippen molar-refractivity contribution in [1.29, 1.82) is 0 Å². The lowest BCUT2D eigenvalue weighted by Crippen LogP contribution is -2.39. The first kappa shape index (κ1) is 12.3. The third-order valence-corrected chi connectivity index (χ3v) is 3.77. The molecule has 2 saturated carbocycles. The van der Waals surface area contributed by atoms with Crippen molar-refractivity contribution in [2.45, 2.75) is 63.6 Å². The van der Waals surface area contributed by atoms with Crippen molar-refractivity contribution >= 4 is 0 Å². The van der Waals surface area contributed by atoms with Gasteiger partial charge in [-0.3, -0.25) is 0 Å². The van der Waals surface area contributed by atoms with Crippen LogP contribution in [0.25, 0.3) is 0 Å². The van der Waals surface area contributed by atoms with Crippen LogP contribution < -0.4 is 5.32 Å². The predicted molar refractivity (Wildman–Crippen MR) is 64.4 cm³/mol. The van der Waals surface area contributed by atoms with E-state index in [1.807, 2.05) is 0 Å². The van der Waals surface area contributed by atoms with Gasteiger partial charge in [0.25, 0.3) is 0 Å². The maximum Gasteiger partial charge on any atom is 0.0645 e. The highest BCUT2D eigenvalue weighted by Crippen LogP contribution is 2.25. The molecule has 0 heterocycles. The van der Waals surface area contributed by atoms with Crippen LogP contribution >= 0.6 is 0 Å². The highest BCUT2D eigenvalue weighted by atomic mass is 16.5. The number of ether oxygens (including phenoxy) is 1. The summed E-state index contributed by atoms with van der Waals surface area (Å²) in [6.45, 7) is 3.19. The molecule has 1 atom stereocenters. The molecular formula is C13H25NO2. The maximum absolute atomic E-state index is 9.23. The summed E-state index contributed by atoms with van der Waals surface area (Å²) in [7, 11) is 0. The van der Waals surface area contributed by atoms with Gasteiger partial charge in [0.2, 0.25) is 0 Å². The van der Waals surface area contributed by atoms with Crippen molar-refractivity contribution in [1.82, 2.24) is 5.32 Å². The summed E-state index contributed by atoms with van der Waals surface area (Å²) in [5.74, 6) is 0.873. The number of hydrogen-bond acceptors (Lipinski definition) is 3. The molecular weight excluding hydrogens is 202 g/mol. The summed E-state index contributed by atoms with van der Waals surface area (Å²) in [6.07, 6.45) is 7.95. The summed E-state index contributed by atoms with van der Waals surface area (Å²) < 4.78 is 5.89. The molecule has 0 aromatic rings. The summed E-state index contributed by atoms with van der Waals surface area (Å²) in [4.78, 5) is 0. The highest BCUT2D eigenvalue weighted by Gasteiger charge is 2.25. The lowest BCUT2D eigenvalue weighted by atomic mass is 9.89. The SMILES string of the molecule is CC1CCC(OCC(CO)NC2CC2)CC1. The number of aliphatic hydroxyl groups excluding tert-OH is 1. The quantitative estimate of drug-likeness (QED) is 0.725. The van der Waals surface area contributed by atoms with Gasteiger partial charge < -0.3 is 15.2 Å². The van der Waals surface area contributed by atoms with Gasteiger partial charge in [-0.2, -0.15) is 0 Å². The molecule has 2 aliphatic carbocycles. The minimum atomic E-state index is 0.145. The zero-order valence-electron chi connectivity index (χ0n) is 10.3. The number of nitrogens with one attached hydrogen (secondary N) is 1. The fourth-order valence-electron chi connectivity index (χ4n) is 2.39. The van der Waals surface area contributed by atoms with Gasteiger partial charge in [0.15, 0.2) is 0 Å². The molecule has 16 heavy (non-hydrogen) atoms. The van der Waals surface area contributed by atoms with Gasteiger partial charge in [0.1, 0.15) is 0 Å². The van der Waals surface area contributed by atoms with Gasteiger partial charge in [0, 0.05) is 6.04 Å². The Labute approximate surface area is 98.6 Å². The molecule has 0 saturated heterocycles. The standard InChI is InChI=1S/C13H25NO2/c1-10-2-6-13(7-3-10)16-9-12(8-15)14-11-4-5-11/h10-15H,2-9H2,1H3. The number of aliphatic hydroxyl groups is 1. The van der Waals surface area contributed by atoms with Crippen LogP contribution in [0.4, 0.5) is 0 Å². The molecule has 0 radical (unpaired) electrons. The van der Waals surface area contributed by atoms with E-state index >= 15 is 0 Å². The molecule has 0 bridgehead atoms. The van der Waals surface area contributed by atoms with Crippen LogP contribution in [0.5, 0.6) is 0 Å². The van der Waals surface area contributed by atoms with E-state index in [1.54, 1.807) is 0 Å². The molecule has 0 aliphatic heterocycles. The first-order chi connectivity index (χ1) is 7.78. The van der Waals surface area contributed by atoms with Gasteiger partial charge in [-0.05, 0) is 44.4 Å². The molecule has 2 fully saturated rings. The summed E-state index contributed by atoms with van der Waals surface area (Å²) in [5.41, 5.74) is 0. The zero-order valence-corrected chi connectivity index (χ0v) is 10.3. The third-order valence-electron chi connectivity index (χ3n) is 3.77. The second-order valence-electron chi connectivity index (χ2n) is 5.54. The maximum atomic E-state index is 9.23. The Hall–Kier alpha value is -0.120. The lowest BCUT2D eigenvalue weighted by molar-refractivity contribution is 0.000150. The van der Waals surface area contributed by atoms with E-state index in [0.29, 0.717) is 18.8 Å². The van der Waals surface area contributed by atoms with Crippen molar-refractivity contribution in [3.05, 3.63) is 0 Å². The summed E-state index contributed by atoms with van der Waals surface area (Å²) in [5, 5.41) is 12.6. The largest absolute Gasteiger partial charge is 0.395 e. The van der Waals surface area contributed by atoms with Crippen molar-refractivity contribution in [3.8, 4) is 0 Å². The monoisotopic (exact) mass is 227 g/mol. The Morgan fingerprint density at radius 1 is 1.19 bits per heavy atom. The average molecular weight is 227 g/mol. The molecule has 1 unspecified atom stereocenters. The van der Waals surface area contributed by atoms with Gasteiger partial charge >= 0.3 is 0 Å². The lowest BCUT2D eigenvalue weighted by Gasteiger charge is -2.28. The Kier molecular flexibility index (Phi) is 4.62. The summed E-state index contributed by atoms with van der Waals surface area (Å²) >= 11 is 0. The van der Waals surface area contributed by atoms with Crippen LogP contribution in [0, 0.1) is 5.92 Å². The van der Waals surface area contributed by atoms with E-state index < -0.39 is 0 Å². The van der Waals surface area contributed by atoms with Crippen LogP contribution in [-0.4, -0.2) is 36.5 Å². The fraction of sp³-hybridized carbons (Fsp3) is 1.00. The second kappa shape index (κ2) is 5.99. The summed E-state index contributed by atoms with van der Waals surface area (Å²) in [6, 6.07) is 0.791. The van der Waals surface area contributed by atoms with E-state index in [4.69, 9.17) is 4.74 Å². The molecule has 3 nitrogen and oxygen atoms in total. The Bertz CT molecular complexity index is 198. The number of hydrogen-bond donors (Lipinski definition) is 2. The first-order valence-electron chi connectivity index (χ1n) is 6.76. The van der Waals surface area contributed by atoms with E-state index in [9.17, 15) is 5.11 Å². The predicted octanol–water partition coefficient (Wildman–Crippen LogP) is 1.69. The van der Waals surface area contributed by atoms with Gasteiger partial charge in [-0.25, -0.2) is 0 Å². The molecule has 0 aromatic carbocycles. The van der Waals surface area contributed by atoms with Crippen molar-refractivity contribution in [2.75, 3.05) is 13.2 Å². The van der Waals surface area contributed by atoms with Gasteiger partial charge in [-0.15, -0.1) is 0 Å². The molecule has 94 valence electrons. The average Bonchev–Trinajstić information content (AvgIpc) is 3.10. The van der Waals surface area contributed by atoms with Crippen LogP contribution in [0.3, 0.4) is 0 Å². The van der Waals surface area contributed by atoms with Gasteiger partial charge in [0.05, 0.1) is 25.4 Å². The molecule has 0 aromatic heterocycles. The number of rotatable bonds is 6. The zero-order chi connectivity index (χ0) is 11.4.